The minimum Gasteiger partial charge on any atom is -0.372 e. The zero-order valence-corrected chi connectivity index (χ0v) is 9.70. The van der Waals surface area contributed by atoms with Crippen LogP contribution in [-0.4, -0.2) is 25.3 Å². The highest BCUT2D eigenvalue weighted by Gasteiger charge is 2.27. The van der Waals surface area contributed by atoms with E-state index in [-0.39, 0.29) is 6.61 Å². The highest BCUT2D eigenvalue weighted by atomic mass is 35.5. The van der Waals surface area contributed by atoms with Crippen molar-refractivity contribution in [3.8, 4) is 0 Å². The molecule has 0 aromatic carbocycles. The summed E-state index contributed by atoms with van der Waals surface area (Å²) in [4.78, 5) is 0. The van der Waals surface area contributed by atoms with E-state index in [1.54, 1.807) is 0 Å². The van der Waals surface area contributed by atoms with E-state index in [0.29, 0.717) is 18.2 Å². The molecule has 0 saturated carbocycles. The third-order valence-corrected chi connectivity index (χ3v) is 2.52. The highest BCUT2D eigenvalue weighted by Crippen LogP contribution is 2.17. The molecule has 0 rings (SSSR count). The lowest BCUT2D eigenvalue weighted by Gasteiger charge is -2.12. The molecule has 0 aliphatic carbocycles. The van der Waals surface area contributed by atoms with Crippen LogP contribution in [0.1, 0.15) is 32.6 Å². The maximum absolute atomic E-state index is 11.7. The van der Waals surface area contributed by atoms with Crippen molar-refractivity contribution in [1.82, 2.24) is 0 Å². The van der Waals surface area contributed by atoms with Crippen LogP contribution >= 0.6 is 11.6 Å². The summed E-state index contributed by atoms with van der Waals surface area (Å²) < 4.78 is 39.5. The number of ether oxygens (including phenoxy) is 1. The summed E-state index contributed by atoms with van der Waals surface area (Å²) in [5.74, 6) is 0.985. The first kappa shape index (κ1) is 15.0. The van der Waals surface area contributed by atoms with E-state index in [1.165, 1.54) is 0 Å². The van der Waals surface area contributed by atoms with Gasteiger partial charge in [-0.05, 0) is 25.2 Å². The zero-order valence-electron chi connectivity index (χ0n) is 8.95. The van der Waals surface area contributed by atoms with E-state index in [4.69, 9.17) is 11.6 Å². The van der Waals surface area contributed by atoms with Crippen LogP contribution in [-0.2, 0) is 4.74 Å². The second-order valence-corrected chi connectivity index (χ2v) is 3.93. The van der Waals surface area contributed by atoms with Crippen molar-refractivity contribution in [2.24, 2.45) is 5.92 Å². The fourth-order valence-electron chi connectivity index (χ4n) is 1.37. The predicted molar refractivity (Wildman–Crippen MR) is 55.2 cm³/mol. The first-order valence-corrected chi connectivity index (χ1v) is 5.73. The quantitative estimate of drug-likeness (QED) is 0.465. The Balaban J connectivity index is 3.36. The fourth-order valence-corrected chi connectivity index (χ4v) is 1.68. The van der Waals surface area contributed by atoms with Gasteiger partial charge in [-0.1, -0.05) is 13.3 Å². The van der Waals surface area contributed by atoms with Crippen molar-refractivity contribution < 1.29 is 17.9 Å². The Labute approximate surface area is 93.9 Å². The molecular formula is C10H18ClF3O. The van der Waals surface area contributed by atoms with Crippen LogP contribution in [0, 0.1) is 5.92 Å². The number of hydrogen-bond donors (Lipinski definition) is 0. The first-order valence-electron chi connectivity index (χ1n) is 5.20. The second-order valence-electron chi connectivity index (χ2n) is 3.62. The molecule has 92 valence electrons. The SMILES string of the molecule is CCCC(CCl)CCCOCC(F)(F)F. The summed E-state index contributed by atoms with van der Waals surface area (Å²) in [5.41, 5.74) is 0. The van der Waals surface area contributed by atoms with E-state index in [0.717, 1.165) is 19.3 Å². The zero-order chi connectivity index (χ0) is 11.7. The highest BCUT2D eigenvalue weighted by molar-refractivity contribution is 6.18. The molecule has 0 aromatic rings. The van der Waals surface area contributed by atoms with Gasteiger partial charge < -0.3 is 4.74 Å². The van der Waals surface area contributed by atoms with E-state index < -0.39 is 12.8 Å². The molecule has 0 aliphatic heterocycles. The Kier molecular flexibility index (Phi) is 8.24. The van der Waals surface area contributed by atoms with Gasteiger partial charge in [-0.25, -0.2) is 0 Å². The maximum atomic E-state index is 11.7. The molecule has 0 spiro atoms. The Hall–Kier alpha value is 0.0400. The Bertz CT molecular complexity index is 150. The number of halogens is 4. The van der Waals surface area contributed by atoms with Crippen LogP contribution in [0.3, 0.4) is 0 Å². The number of rotatable bonds is 8. The molecule has 0 fully saturated rings. The molecule has 15 heavy (non-hydrogen) atoms. The second kappa shape index (κ2) is 8.22. The Morgan fingerprint density at radius 1 is 1.27 bits per heavy atom. The van der Waals surface area contributed by atoms with Crippen molar-refractivity contribution in [3.05, 3.63) is 0 Å². The molecule has 0 saturated heterocycles. The summed E-state index contributed by atoms with van der Waals surface area (Å²) in [7, 11) is 0. The summed E-state index contributed by atoms with van der Waals surface area (Å²) in [6.07, 6.45) is -0.637. The van der Waals surface area contributed by atoms with E-state index >= 15 is 0 Å². The van der Waals surface area contributed by atoms with Gasteiger partial charge in [-0.3, -0.25) is 0 Å². The molecular weight excluding hydrogens is 229 g/mol. The van der Waals surface area contributed by atoms with E-state index in [9.17, 15) is 13.2 Å². The van der Waals surface area contributed by atoms with Gasteiger partial charge in [-0.2, -0.15) is 13.2 Å². The molecule has 0 heterocycles. The first-order chi connectivity index (χ1) is 6.99. The van der Waals surface area contributed by atoms with E-state index in [2.05, 4.69) is 11.7 Å². The van der Waals surface area contributed by atoms with Crippen LogP contribution in [0.25, 0.3) is 0 Å². The Morgan fingerprint density at radius 3 is 2.40 bits per heavy atom. The predicted octanol–water partition coefficient (Wildman–Crippen LogP) is 4.00. The van der Waals surface area contributed by atoms with Crippen LogP contribution < -0.4 is 0 Å². The van der Waals surface area contributed by atoms with Gasteiger partial charge in [0.25, 0.3) is 0 Å². The van der Waals surface area contributed by atoms with Crippen LogP contribution in [0.15, 0.2) is 0 Å². The normalized spacial score (nSPS) is 14.2. The third-order valence-electron chi connectivity index (χ3n) is 2.08. The standard InChI is InChI=1S/C10H18ClF3O/c1-2-4-9(7-11)5-3-6-15-8-10(12,13)14/h9H,2-8H2,1H3. The number of alkyl halides is 4. The van der Waals surface area contributed by atoms with Gasteiger partial charge >= 0.3 is 6.18 Å². The molecule has 0 aromatic heterocycles. The lowest BCUT2D eigenvalue weighted by molar-refractivity contribution is -0.174. The molecule has 5 heteroatoms. The van der Waals surface area contributed by atoms with Crippen molar-refractivity contribution in [1.29, 1.82) is 0 Å². The van der Waals surface area contributed by atoms with Gasteiger partial charge in [-0.15, -0.1) is 11.6 Å². The molecule has 0 bridgehead atoms. The minimum atomic E-state index is -4.21. The topological polar surface area (TPSA) is 9.23 Å². The summed E-state index contributed by atoms with van der Waals surface area (Å²) >= 11 is 5.71. The monoisotopic (exact) mass is 246 g/mol. The molecule has 1 nitrogen and oxygen atoms in total. The van der Waals surface area contributed by atoms with Crippen molar-refractivity contribution in [3.63, 3.8) is 0 Å². The average Bonchev–Trinajstić information content (AvgIpc) is 2.14. The Morgan fingerprint density at radius 2 is 1.93 bits per heavy atom. The maximum Gasteiger partial charge on any atom is 0.411 e. The summed E-state index contributed by atoms with van der Waals surface area (Å²) in [6, 6.07) is 0. The van der Waals surface area contributed by atoms with Crippen LogP contribution in [0.2, 0.25) is 0 Å². The third kappa shape index (κ3) is 10.3. The molecule has 1 unspecified atom stereocenters. The molecule has 0 N–H and O–H groups in total. The van der Waals surface area contributed by atoms with Gasteiger partial charge in [0.1, 0.15) is 6.61 Å². The van der Waals surface area contributed by atoms with Gasteiger partial charge in [0.2, 0.25) is 0 Å². The number of hydrogen-bond acceptors (Lipinski definition) is 1. The fraction of sp³-hybridized carbons (Fsp3) is 1.00. The van der Waals surface area contributed by atoms with E-state index in [1.807, 2.05) is 0 Å². The van der Waals surface area contributed by atoms with Crippen molar-refractivity contribution in [2.75, 3.05) is 19.1 Å². The lowest BCUT2D eigenvalue weighted by atomic mass is 10.0. The summed E-state index contributed by atoms with van der Waals surface area (Å²) in [6.45, 7) is 1.09. The van der Waals surface area contributed by atoms with Crippen LogP contribution in [0.4, 0.5) is 13.2 Å². The van der Waals surface area contributed by atoms with Crippen molar-refractivity contribution >= 4 is 11.6 Å². The van der Waals surface area contributed by atoms with Crippen molar-refractivity contribution in [2.45, 2.75) is 38.8 Å². The van der Waals surface area contributed by atoms with Crippen LogP contribution in [0.5, 0.6) is 0 Å². The molecule has 1 atom stereocenters. The molecule has 0 amide bonds. The van der Waals surface area contributed by atoms with Gasteiger partial charge in [0.15, 0.2) is 0 Å². The smallest absolute Gasteiger partial charge is 0.372 e. The minimum absolute atomic E-state index is 0.163. The summed E-state index contributed by atoms with van der Waals surface area (Å²) in [5, 5.41) is 0. The molecule has 0 aliphatic rings. The van der Waals surface area contributed by atoms with Gasteiger partial charge in [0.05, 0.1) is 0 Å². The molecule has 0 radical (unpaired) electrons. The lowest BCUT2D eigenvalue weighted by Crippen LogP contribution is -2.17. The largest absolute Gasteiger partial charge is 0.411 e. The van der Waals surface area contributed by atoms with Gasteiger partial charge in [0, 0.05) is 12.5 Å². The average molecular weight is 247 g/mol.